The SMILES string of the molecule is COc1cc([C@H]2C(C(=O)/C=C/c3ccccc3)=C(O)C(=O)N2CCCN2CCOCC2)ccc1O. The van der Waals surface area contributed by atoms with E-state index < -0.39 is 23.5 Å². The van der Waals surface area contributed by atoms with Crippen LogP contribution in [0, 0.1) is 0 Å². The first-order valence-corrected chi connectivity index (χ1v) is 11.7. The molecule has 8 heteroatoms. The number of aliphatic hydroxyl groups is 1. The van der Waals surface area contributed by atoms with Crippen molar-refractivity contribution in [2.45, 2.75) is 12.5 Å². The van der Waals surface area contributed by atoms with E-state index in [1.807, 2.05) is 30.3 Å². The van der Waals surface area contributed by atoms with Crippen LogP contribution in [0.2, 0.25) is 0 Å². The van der Waals surface area contributed by atoms with Crippen molar-refractivity contribution in [3.63, 3.8) is 0 Å². The number of carbonyl (C=O) groups excluding carboxylic acids is 2. The molecule has 0 saturated carbocycles. The molecule has 0 spiro atoms. The van der Waals surface area contributed by atoms with Gasteiger partial charge in [-0.3, -0.25) is 14.5 Å². The summed E-state index contributed by atoms with van der Waals surface area (Å²) >= 11 is 0. The number of aromatic hydroxyl groups is 1. The number of aliphatic hydroxyl groups excluding tert-OH is 1. The topological polar surface area (TPSA) is 99.5 Å². The summed E-state index contributed by atoms with van der Waals surface area (Å²) in [6.07, 6.45) is 3.70. The summed E-state index contributed by atoms with van der Waals surface area (Å²) in [5.74, 6) is -1.41. The maximum Gasteiger partial charge on any atom is 0.290 e. The Morgan fingerprint density at radius 3 is 2.57 bits per heavy atom. The van der Waals surface area contributed by atoms with Crippen molar-refractivity contribution in [2.75, 3.05) is 46.5 Å². The molecule has 0 unspecified atom stereocenters. The molecular formula is C27H30N2O6. The van der Waals surface area contributed by atoms with Gasteiger partial charge in [-0.15, -0.1) is 0 Å². The molecule has 2 aliphatic rings. The highest BCUT2D eigenvalue weighted by atomic mass is 16.5. The number of methoxy groups -OCH3 is 1. The highest BCUT2D eigenvalue weighted by molar-refractivity contribution is 6.14. The lowest BCUT2D eigenvalue weighted by atomic mass is 9.95. The molecule has 8 nitrogen and oxygen atoms in total. The molecule has 1 amide bonds. The summed E-state index contributed by atoms with van der Waals surface area (Å²) in [5.41, 5.74) is 1.41. The van der Waals surface area contributed by atoms with Crippen LogP contribution in [0.3, 0.4) is 0 Å². The van der Waals surface area contributed by atoms with Crippen molar-refractivity contribution in [1.29, 1.82) is 0 Å². The van der Waals surface area contributed by atoms with Gasteiger partial charge in [0.05, 0.1) is 31.9 Å². The number of amides is 1. The first-order valence-electron chi connectivity index (χ1n) is 11.7. The molecule has 2 aliphatic heterocycles. The van der Waals surface area contributed by atoms with Gasteiger partial charge in [0.15, 0.2) is 23.0 Å². The molecular weight excluding hydrogens is 448 g/mol. The Bertz CT molecular complexity index is 1120. The molecule has 0 radical (unpaired) electrons. The molecule has 184 valence electrons. The normalized spacial score (nSPS) is 19.1. The summed E-state index contributed by atoms with van der Waals surface area (Å²) in [4.78, 5) is 30.2. The number of rotatable bonds is 9. The van der Waals surface area contributed by atoms with E-state index in [-0.39, 0.29) is 17.1 Å². The van der Waals surface area contributed by atoms with Crippen LogP contribution in [0.25, 0.3) is 6.08 Å². The molecule has 0 bridgehead atoms. The van der Waals surface area contributed by atoms with E-state index in [1.165, 1.54) is 24.2 Å². The third-order valence-corrected chi connectivity index (χ3v) is 6.29. The van der Waals surface area contributed by atoms with Crippen molar-refractivity contribution in [3.05, 3.63) is 77.1 Å². The number of nitrogens with zero attached hydrogens (tertiary/aromatic N) is 2. The minimum absolute atomic E-state index is 0.0151. The van der Waals surface area contributed by atoms with Gasteiger partial charge in [-0.25, -0.2) is 0 Å². The summed E-state index contributed by atoms with van der Waals surface area (Å²) < 4.78 is 10.6. The molecule has 1 saturated heterocycles. The second kappa shape index (κ2) is 11.2. The van der Waals surface area contributed by atoms with Crippen molar-refractivity contribution in [2.24, 2.45) is 0 Å². The molecule has 0 aliphatic carbocycles. The van der Waals surface area contributed by atoms with E-state index in [0.29, 0.717) is 31.7 Å². The maximum absolute atomic E-state index is 13.3. The zero-order chi connectivity index (χ0) is 24.8. The Kier molecular flexibility index (Phi) is 7.84. The van der Waals surface area contributed by atoms with Gasteiger partial charge in [0.1, 0.15) is 0 Å². The lowest BCUT2D eigenvalue weighted by Crippen LogP contribution is -2.39. The Morgan fingerprint density at radius 1 is 1.11 bits per heavy atom. The van der Waals surface area contributed by atoms with Gasteiger partial charge in [0, 0.05) is 26.2 Å². The second-order valence-corrected chi connectivity index (χ2v) is 8.51. The van der Waals surface area contributed by atoms with Crippen molar-refractivity contribution in [3.8, 4) is 11.5 Å². The number of hydrogen-bond acceptors (Lipinski definition) is 7. The molecule has 35 heavy (non-hydrogen) atoms. The maximum atomic E-state index is 13.3. The fourth-order valence-electron chi connectivity index (χ4n) is 4.46. The van der Waals surface area contributed by atoms with E-state index in [9.17, 15) is 19.8 Å². The van der Waals surface area contributed by atoms with E-state index in [1.54, 1.807) is 18.2 Å². The quantitative estimate of drug-likeness (QED) is 0.534. The number of ether oxygens (including phenoxy) is 2. The van der Waals surface area contributed by atoms with Crippen molar-refractivity contribution >= 4 is 17.8 Å². The van der Waals surface area contributed by atoms with Gasteiger partial charge in [-0.05, 0) is 35.8 Å². The molecule has 1 fully saturated rings. The van der Waals surface area contributed by atoms with Crippen LogP contribution in [-0.4, -0.2) is 78.2 Å². The predicted octanol–water partition coefficient (Wildman–Crippen LogP) is 3.10. The lowest BCUT2D eigenvalue weighted by Gasteiger charge is -2.30. The Balaban J connectivity index is 1.61. The van der Waals surface area contributed by atoms with Crippen molar-refractivity contribution in [1.82, 2.24) is 9.80 Å². The number of phenols is 1. The molecule has 2 heterocycles. The zero-order valence-corrected chi connectivity index (χ0v) is 19.7. The third-order valence-electron chi connectivity index (χ3n) is 6.29. The van der Waals surface area contributed by atoms with Gasteiger partial charge < -0.3 is 24.6 Å². The van der Waals surface area contributed by atoms with Crippen molar-refractivity contribution < 1.29 is 29.3 Å². The monoisotopic (exact) mass is 478 g/mol. The first-order chi connectivity index (χ1) is 17.0. The minimum atomic E-state index is -0.797. The van der Waals surface area contributed by atoms with Crippen LogP contribution in [0.4, 0.5) is 0 Å². The van der Waals surface area contributed by atoms with Crippen LogP contribution in [0.1, 0.15) is 23.6 Å². The summed E-state index contributed by atoms with van der Waals surface area (Å²) in [5, 5.41) is 20.8. The van der Waals surface area contributed by atoms with Gasteiger partial charge in [0.25, 0.3) is 5.91 Å². The van der Waals surface area contributed by atoms with Gasteiger partial charge >= 0.3 is 0 Å². The molecule has 4 rings (SSSR count). The number of benzene rings is 2. The first kappa shape index (κ1) is 24.5. The fourth-order valence-corrected chi connectivity index (χ4v) is 4.46. The van der Waals surface area contributed by atoms with Gasteiger partial charge in [0.2, 0.25) is 0 Å². The standard InChI is InChI=1S/C27H30N2O6/c1-34-23-18-20(9-11-21(23)30)25-24(22(31)10-8-19-6-3-2-4-7-19)26(32)27(33)29(25)13-5-12-28-14-16-35-17-15-28/h2-4,6-11,18,25,30,32H,5,12-17H2,1H3/b10-8+/t25-/m0/s1. The summed E-state index contributed by atoms with van der Waals surface area (Å²) in [6.45, 7) is 4.18. The number of allylic oxidation sites excluding steroid dienone is 1. The number of morpholine rings is 1. The highest BCUT2D eigenvalue weighted by Gasteiger charge is 2.42. The molecule has 2 aromatic rings. The van der Waals surface area contributed by atoms with Crippen LogP contribution in [0.5, 0.6) is 11.5 Å². The number of hydrogen-bond donors (Lipinski definition) is 2. The van der Waals surface area contributed by atoms with Gasteiger partial charge in [-0.1, -0.05) is 42.5 Å². The van der Waals surface area contributed by atoms with E-state index in [4.69, 9.17) is 9.47 Å². The average molecular weight is 479 g/mol. The van der Waals surface area contributed by atoms with E-state index >= 15 is 0 Å². The predicted molar refractivity (Wildman–Crippen MR) is 131 cm³/mol. The highest BCUT2D eigenvalue weighted by Crippen LogP contribution is 2.40. The zero-order valence-electron chi connectivity index (χ0n) is 19.7. The number of phenolic OH excluding ortho intramolecular Hbond substituents is 1. The van der Waals surface area contributed by atoms with Gasteiger partial charge in [-0.2, -0.15) is 0 Å². The summed E-state index contributed by atoms with van der Waals surface area (Å²) in [6, 6.07) is 13.2. The third kappa shape index (κ3) is 5.55. The Labute approximate surface area is 204 Å². The van der Waals surface area contributed by atoms with E-state index in [0.717, 1.165) is 25.2 Å². The minimum Gasteiger partial charge on any atom is -0.504 e. The second-order valence-electron chi connectivity index (χ2n) is 8.51. The molecule has 2 aromatic carbocycles. The van der Waals surface area contributed by atoms with Crippen LogP contribution in [0.15, 0.2) is 65.9 Å². The number of carbonyl (C=O) groups is 2. The fraction of sp³-hybridized carbons (Fsp3) is 0.333. The Morgan fingerprint density at radius 2 is 1.86 bits per heavy atom. The largest absolute Gasteiger partial charge is 0.504 e. The van der Waals surface area contributed by atoms with Crippen LogP contribution < -0.4 is 4.74 Å². The lowest BCUT2D eigenvalue weighted by molar-refractivity contribution is -0.129. The number of ketones is 1. The van der Waals surface area contributed by atoms with E-state index in [2.05, 4.69) is 4.90 Å². The molecule has 2 N–H and O–H groups in total. The average Bonchev–Trinajstić information content (AvgIpc) is 3.14. The summed E-state index contributed by atoms with van der Waals surface area (Å²) in [7, 11) is 1.43. The molecule has 1 atom stereocenters. The van der Waals surface area contributed by atoms with Crippen LogP contribution in [-0.2, 0) is 14.3 Å². The Hall–Kier alpha value is -3.62. The van der Waals surface area contributed by atoms with Crippen LogP contribution >= 0.6 is 0 Å². The molecule has 0 aromatic heterocycles. The smallest absolute Gasteiger partial charge is 0.290 e.